The summed E-state index contributed by atoms with van der Waals surface area (Å²) in [5.41, 5.74) is 0.519. The molecule has 8 heteroatoms. The molecule has 0 bridgehead atoms. The van der Waals surface area contributed by atoms with Crippen molar-refractivity contribution in [1.82, 2.24) is 0 Å². The van der Waals surface area contributed by atoms with E-state index in [2.05, 4.69) is 4.52 Å². The molecule has 1 aromatic heterocycles. The summed E-state index contributed by atoms with van der Waals surface area (Å²) in [5, 5.41) is 10.2. The lowest BCUT2D eigenvalue weighted by atomic mass is 10.1. The monoisotopic (exact) mass is 334 g/mol. The van der Waals surface area contributed by atoms with Gasteiger partial charge in [0.25, 0.3) is 0 Å². The summed E-state index contributed by atoms with van der Waals surface area (Å²) in [6.07, 6.45) is 0. The first-order valence-electron chi connectivity index (χ1n) is 6.45. The van der Waals surface area contributed by atoms with Gasteiger partial charge in [-0.3, -0.25) is 14.6 Å². The van der Waals surface area contributed by atoms with Crippen molar-refractivity contribution in [3.8, 4) is 22.8 Å². The zero-order valence-electron chi connectivity index (χ0n) is 11.5. The predicted octanol–water partition coefficient (Wildman–Crippen LogP) is 2.64. The normalized spacial score (nSPS) is 11.6. The number of phosphoric acid groups is 1. The number of phosphoric ester groups is 1. The third-order valence-electron chi connectivity index (χ3n) is 3.10. The maximum Gasteiger partial charge on any atom is 0.524 e. The van der Waals surface area contributed by atoms with Crippen LogP contribution in [0.2, 0.25) is 0 Å². The molecular formula is C15H11O7P. The average Bonchev–Trinajstić information content (AvgIpc) is 2.48. The predicted molar refractivity (Wildman–Crippen MR) is 82.3 cm³/mol. The zero-order chi connectivity index (χ0) is 16.6. The van der Waals surface area contributed by atoms with Gasteiger partial charge < -0.3 is 14.0 Å². The lowest BCUT2D eigenvalue weighted by Gasteiger charge is -2.09. The van der Waals surface area contributed by atoms with Crippen molar-refractivity contribution in [1.29, 1.82) is 0 Å². The number of hydrogen-bond donors (Lipinski definition) is 3. The summed E-state index contributed by atoms with van der Waals surface area (Å²) >= 11 is 0. The number of para-hydroxylation sites is 1. The van der Waals surface area contributed by atoms with Crippen molar-refractivity contribution in [3.05, 3.63) is 58.8 Å². The van der Waals surface area contributed by atoms with Crippen LogP contribution in [0.5, 0.6) is 11.5 Å². The van der Waals surface area contributed by atoms with Gasteiger partial charge in [0.2, 0.25) is 0 Å². The average molecular weight is 334 g/mol. The van der Waals surface area contributed by atoms with Gasteiger partial charge in [0, 0.05) is 11.6 Å². The highest BCUT2D eigenvalue weighted by molar-refractivity contribution is 7.46. The summed E-state index contributed by atoms with van der Waals surface area (Å²) in [6.45, 7) is 0. The molecule has 23 heavy (non-hydrogen) atoms. The second-order valence-electron chi connectivity index (χ2n) is 4.74. The zero-order valence-corrected chi connectivity index (χ0v) is 12.4. The van der Waals surface area contributed by atoms with Gasteiger partial charge in [-0.1, -0.05) is 12.1 Å². The molecule has 0 amide bonds. The van der Waals surface area contributed by atoms with Gasteiger partial charge in [-0.25, -0.2) is 4.57 Å². The topological polar surface area (TPSA) is 117 Å². The van der Waals surface area contributed by atoms with E-state index in [1.54, 1.807) is 24.3 Å². The van der Waals surface area contributed by atoms with E-state index in [1.165, 1.54) is 24.3 Å². The van der Waals surface area contributed by atoms with Crippen LogP contribution in [0, 0.1) is 0 Å². The Hall–Kier alpha value is -2.60. The van der Waals surface area contributed by atoms with Crippen molar-refractivity contribution < 1.29 is 28.4 Å². The van der Waals surface area contributed by atoms with Crippen LogP contribution in [0.25, 0.3) is 22.3 Å². The van der Waals surface area contributed by atoms with E-state index in [-0.39, 0.29) is 16.9 Å². The minimum absolute atomic E-state index is 0.215. The smallest absolute Gasteiger partial charge is 0.504 e. The number of phenols is 1. The Morgan fingerprint density at radius 3 is 2.48 bits per heavy atom. The van der Waals surface area contributed by atoms with Crippen LogP contribution in [-0.4, -0.2) is 14.9 Å². The number of benzene rings is 2. The highest BCUT2D eigenvalue weighted by Crippen LogP contribution is 2.42. The Morgan fingerprint density at radius 1 is 1.04 bits per heavy atom. The van der Waals surface area contributed by atoms with E-state index < -0.39 is 13.6 Å². The Kier molecular flexibility index (Phi) is 3.69. The molecule has 0 fully saturated rings. The molecule has 7 nitrogen and oxygen atoms in total. The van der Waals surface area contributed by atoms with Crippen molar-refractivity contribution in [2.24, 2.45) is 0 Å². The molecule has 3 N–H and O–H groups in total. The summed E-state index contributed by atoms with van der Waals surface area (Å²) in [4.78, 5) is 29.6. The summed E-state index contributed by atoms with van der Waals surface area (Å²) < 4.78 is 20.8. The standard InChI is InChI=1S/C15H11O7P/c16-11-8-15(21-13-4-2-1-3-10(11)13)9-5-6-14(12(17)7-9)22-23(18,19)20/h1-8,17H,(H2,18,19,20). The molecule has 118 valence electrons. The fourth-order valence-electron chi connectivity index (χ4n) is 2.12. The van der Waals surface area contributed by atoms with Crippen LogP contribution in [0.15, 0.2) is 57.7 Å². The van der Waals surface area contributed by atoms with E-state index in [9.17, 15) is 14.5 Å². The number of fused-ring (bicyclic) bond motifs is 1. The molecule has 0 unspecified atom stereocenters. The van der Waals surface area contributed by atoms with Crippen molar-refractivity contribution in [2.75, 3.05) is 0 Å². The molecule has 0 aliphatic heterocycles. The molecule has 0 spiro atoms. The molecule has 0 saturated carbocycles. The number of rotatable bonds is 3. The second-order valence-corrected chi connectivity index (χ2v) is 5.90. The molecule has 2 aromatic carbocycles. The van der Waals surface area contributed by atoms with E-state index in [0.29, 0.717) is 16.5 Å². The molecule has 1 heterocycles. The molecule has 0 saturated heterocycles. The summed E-state index contributed by atoms with van der Waals surface area (Å²) in [6, 6.07) is 11.8. The molecule has 3 rings (SSSR count). The maximum atomic E-state index is 12.1. The minimum Gasteiger partial charge on any atom is -0.504 e. The molecule has 0 aliphatic rings. The minimum atomic E-state index is -4.78. The maximum absolute atomic E-state index is 12.1. The van der Waals surface area contributed by atoms with Gasteiger partial charge in [-0.15, -0.1) is 0 Å². The van der Waals surface area contributed by atoms with Gasteiger partial charge in [-0.05, 0) is 30.3 Å². The molecule has 0 radical (unpaired) electrons. The van der Waals surface area contributed by atoms with Gasteiger partial charge in [-0.2, -0.15) is 0 Å². The van der Waals surface area contributed by atoms with Crippen LogP contribution in [-0.2, 0) is 4.57 Å². The van der Waals surface area contributed by atoms with E-state index >= 15 is 0 Å². The molecular weight excluding hydrogens is 323 g/mol. The van der Waals surface area contributed by atoms with Gasteiger partial charge in [0.15, 0.2) is 16.9 Å². The van der Waals surface area contributed by atoms with Gasteiger partial charge in [0.1, 0.15) is 11.3 Å². The Morgan fingerprint density at radius 2 is 1.78 bits per heavy atom. The number of phenolic OH excluding ortho intramolecular Hbond substituents is 1. The van der Waals surface area contributed by atoms with Crippen LogP contribution >= 0.6 is 7.82 Å². The summed E-state index contributed by atoms with van der Waals surface area (Å²) in [5.74, 6) is -0.640. The third-order valence-corrected chi connectivity index (χ3v) is 3.53. The summed E-state index contributed by atoms with van der Waals surface area (Å²) in [7, 11) is -4.78. The van der Waals surface area contributed by atoms with E-state index in [4.69, 9.17) is 14.2 Å². The van der Waals surface area contributed by atoms with E-state index in [1.807, 2.05) is 0 Å². The number of hydrogen-bond acceptors (Lipinski definition) is 5. The highest BCUT2D eigenvalue weighted by atomic mass is 31.2. The first-order chi connectivity index (χ1) is 10.8. The Labute approximate surface area is 129 Å². The quantitative estimate of drug-likeness (QED) is 0.630. The lowest BCUT2D eigenvalue weighted by Crippen LogP contribution is -2.00. The van der Waals surface area contributed by atoms with Crippen LogP contribution in [0.1, 0.15) is 0 Å². The van der Waals surface area contributed by atoms with Crippen molar-refractivity contribution in [3.63, 3.8) is 0 Å². The second kappa shape index (κ2) is 5.55. The SMILES string of the molecule is O=c1cc(-c2ccc(OP(=O)(O)O)c(O)c2)oc2ccccc12. The third kappa shape index (κ3) is 3.27. The van der Waals surface area contributed by atoms with Gasteiger partial charge >= 0.3 is 7.82 Å². The molecule has 3 aromatic rings. The van der Waals surface area contributed by atoms with Gasteiger partial charge in [0.05, 0.1) is 5.39 Å². The van der Waals surface area contributed by atoms with Crippen LogP contribution < -0.4 is 9.95 Å². The largest absolute Gasteiger partial charge is 0.524 e. The first kappa shape index (κ1) is 15.3. The first-order valence-corrected chi connectivity index (χ1v) is 7.98. The van der Waals surface area contributed by atoms with Crippen molar-refractivity contribution >= 4 is 18.8 Å². The van der Waals surface area contributed by atoms with E-state index in [0.717, 1.165) is 0 Å². The molecule has 0 aliphatic carbocycles. The van der Waals surface area contributed by atoms with Crippen LogP contribution in [0.3, 0.4) is 0 Å². The number of aromatic hydroxyl groups is 1. The lowest BCUT2D eigenvalue weighted by molar-refractivity contribution is 0.278. The highest BCUT2D eigenvalue weighted by Gasteiger charge is 2.19. The van der Waals surface area contributed by atoms with Crippen molar-refractivity contribution in [2.45, 2.75) is 0 Å². The Balaban J connectivity index is 2.07. The van der Waals surface area contributed by atoms with Crippen LogP contribution in [0.4, 0.5) is 0 Å². The fraction of sp³-hybridized carbons (Fsp3) is 0. The fourth-order valence-corrected chi connectivity index (χ4v) is 2.53. The molecule has 0 atom stereocenters. The Bertz CT molecular complexity index is 987.